The zero-order valence-corrected chi connectivity index (χ0v) is 11.8. The van der Waals surface area contributed by atoms with Gasteiger partial charge in [0.05, 0.1) is 13.1 Å². The predicted octanol–water partition coefficient (Wildman–Crippen LogP) is 2.79. The van der Waals surface area contributed by atoms with Gasteiger partial charge in [-0.25, -0.2) is 0 Å². The monoisotopic (exact) mass is 238 g/mol. The van der Waals surface area contributed by atoms with Crippen molar-refractivity contribution in [2.45, 2.75) is 40.8 Å². The molecule has 0 aromatic carbocycles. The van der Waals surface area contributed by atoms with Gasteiger partial charge in [-0.1, -0.05) is 20.8 Å². The van der Waals surface area contributed by atoms with E-state index in [4.69, 9.17) is 4.42 Å². The van der Waals surface area contributed by atoms with Crippen LogP contribution >= 0.6 is 0 Å². The molecule has 1 aromatic rings. The lowest BCUT2D eigenvalue weighted by atomic mass is 10.2. The molecule has 3 nitrogen and oxygen atoms in total. The van der Waals surface area contributed by atoms with E-state index in [9.17, 15) is 0 Å². The maximum atomic E-state index is 5.86. The van der Waals surface area contributed by atoms with Crippen LogP contribution in [0.4, 0.5) is 0 Å². The molecule has 0 amide bonds. The van der Waals surface area contributed by atoms with Crippen LogP contribution < -0.4 is 5.32 Å². The maximum Gasteiger partial charge on any atom is 0.120 e. The van der Waals surface area contributed by atoms with Crippen molar-refractivity contribution in [1.82, 2.24) is 10.2 Å². The fraction of sp³-hybridized carbons (Fsp3) is 0.714. The molecule has 0 aliphatic rings. The second kappa shape index (κ2) is 6.82. The van der Waals surface area contributed by atoms with E-state index in [1.165, 1.54) is 5.56 Å². The minimum absolute atomic E-state index is 0.692. The van der Waals surface area contributed by atoms with Gasteiger partial charge < -0.3 is 9.73 Å². The Kier molecular flexibility index (Phi) is 5.72. The Morgan fingerprint density at radius 1 is 1.41 bits per heavy atom. The summed E-state index contributed by atoms with van der Waals surface area (Å²) in [7, 11) is 2.14. The van der Waals surface area contributed by atoms with Crippen molar-refractivity contribution in [2.24, 2.45) is 5.92 Å². The second-order valence-corrected chi connectivity index (χ2v) is 5.19. The molecule has 0 spiro atoms. The first-order valence-electron chi connectivity index (χ1n) is 6.50. The van der Waals surface area contributed by atoms with Gasteiger partial charge in [0.15, 0.2) is 0 Å². The smallest absolute Gasteiger partial charge is 0.120 e. The van der Waals surface area contributed by atoms with Crippen molar-refractivity contribution in [3.8, 4) is 0 Å². The Labute approximate surface area is 105 Å². The fourth-order valence-electron chi connectivity index (χ4n) is 2.04. The summed E-state index contributed by atoms with van der Waals surface area (Å²) in [6.45, 7) is 12.5. The van der Waals surface area contributed by atoms with Crippen LogP contribution in [0.1, 0.15) is 37.9 Å². The minimum atomic E-state index is 0.692. The average molecular weight is 238 g/mol. The van der Waals surface area contributed by atoms with Crippen LogP contribution in [0, 0.1) is 12.8 Å². The van der Waals surface area contributed by atoms with Gasteiger partial charge in [0.1, 0.15) is 11.5 Å². The molecule has 0 saturated heterocycles. The summed E-state index contributed by atoms with van der Waals surface area (Å²) >= 11 is 0. The third kappa shape index (κ3) is 4.92. The van der Waals surface area contributed by atoms with Gasteiger partial charge in [-0.15, -0.1) is 0 Å². The Morgan fingerprint density at radius 2 is 2.12 bits per heavy atom. The van der Waals surface area contributed by atoms with Gasteiger partial charge >= 0.3 is 0 Å². The highest BCUT2D eigenvalue weighted by Crippen LogP contribution is 2.16. The van der Waals surface area contributed by atoms with Gasteiger partial charge in [-0.2, -0.15) is 0 Å². The molecule has 0 atom stereocenters. The van der Waals surface area contributed by atoms with Crippen LogP contribution in [-0.2, 0) is 13.1 Å². The van der Waals surface area contributed by atoms with Crippen LogP contribution in [-0.4, -0.2) is 25.0 Å². The van der Waals surface area contributed by atoms with Gasteiger partial charge in [-0.05, 0) is 38.1 Å². The molecule has 0 unspecified atom stereocenters. The van der Waals surface area contributed by atoms with Crippen LogP contribution in [0.5, 0.6) is 0 Å². The molecule has 1 aromatic heterocycles. The summed E-state index contributed by atoms with van der Waals surface area (Å²) in [6, 6.07) is 2.16. The topological polar surface area (TPSA) is 28.4 Å². The number of nitrogens with one attached hydrogen (secondary N) is 1. The van der Waals surface area contributed by atoms with Crippen LogP contribution in [0.2, 0.25) is 0 Å². The second-order valence-electron chi connectivity index (χ2n) is 5.19. The van der Waals surface area contributed by atoms with Crippen LogP contribution in [0.25, 0.3) is 0 Å². The standard InChI is InChI=1S/C14H26N2O/c1-6-15-8-14-12(4)7-13(17-14)10-16(5)9-11(2)3/h7,11,15H,6,8-10H2,1-5H3. The van der Waals surface area contributed by atoms with Crippen LogP contribution in [0.15, 0.2) is 10.5 Å². The van der Waals surface area contributed by atoms with Gasteiger partial charge in [0.25, 0.3) is 0 Å². The van der Waals surface area contributed by atoms with Crippen molar-refractivity contribution in [2.75, 3.05) is 20.1 Å². The Morgan fingerprint density at radius 3 is 2.71 bits per heavy atom. The number of aryl methyl sites for hydroxylation is 1. The molecular formula is C14H26N2O. The van der Waals surface area contributed by atoms with Crippen molar-refractivity contribution in [3.05, 3.63) is 23.2 Å². The largest absolute Gasteiger partial charge is 0.463 e. The summed E-state index contributed by atoms with van der Waals surface area (Å²) in [5.74, 6) is 2.83. The summed E-state index contributed by atoms with van der Waals surface area (Å²) in [5.41, 5.74) is 1.25. The van der Waals surface area contributed by atoms with E-state index < -0.39 is 0 Å². The molecular weight excluding hydrogens is 212 g/mol. The lowest BCUT2D eigenvalue weighted by molar-refractivity contribution is 0.261. The minimum Gasteiger partial charge on any atom is -0.463 e. The van der Waals surface area contributed by atoms with E-state index in [1.807, 2.05) is 0 Å². The molecule has 17 heavy (non-hydrogen) atoms. The first-order chi connectivity index (χ1) is 8.02. The summed E-state index contributed by atoms with van der Waals surface area (Å²) in [5, 5.41) is 3.30. The third-order valence-electron chi connectivity index (χ3n) is 2.71. The third-order valence-corrected chi connectivity index (χ3v) is 2.71. The molecule has 0 fully saturated rings. The van der Waals surface area contributed by atoms with E-state index in [-0.39, 0.29) is 0 Å². The fourth-order valence-corrected chi connectivity index (χ4v) is 2.04. The van der Waals surface area contributed by atoms with Gasteiger partial charge in [0, 0.05) is 6.54 Å². The molecule has 3 heteroatoms. The SMILES string of the molecule is CCNCc1oc(CN(C)CC(C)C)cc1C. The van der Waals surface area contributed by atoms with E-state index in [1.54, 1.807) is 0 Å². The quantitative estimate of drug-likeness (QED) is 0.792. The maximum absolute atomic E-state index is 5.86. The first kappa shape index (κ1) is 14.3. The first-order valence-corrected chi connectivity index (χ1v) is 6.50. The summed E-state index contributed by atoms with van der Waals surface area (Å²) < 4.78 is 5.86. The number of hydrogen-bond donors (Lipinski definition) is 1. The Balaban J connectivity index is 2.54. The molecule has 1 rings (SSSR count). The zero-order chi connectivity index (χ0) is 12.8. The summed E-state index contributed by atoms with van der Waals surface area (Å²) in [4.78, 5) is 2.31. The number of rotatable bonds is 7. The number of furan rings is 1. The number of hydrogen-bond acceptors (Lipinski definition) is 3. The normalized spacial score (nSPS) is 11.7. The molecule has 1 N–H and O–H groups in total. The molecule has 0 bridgehead atoms. The van der Waals surface area contributed by atoms with Gasteiger partial charge in [-0.3, -0.25) is 4.90 Å². The highest BCUT2D eigenvalue weighted by molar-refractivity contribution is 5.19. The van der Waals surface area contributed by atoms with Gasteiger partial charge in [0.2, 0.25) is 0 Å². The predicted molar refractivity (Wildman–Crippen MR) is 72.0 cm³/mol. The molecule has 0 radical (unpaired) electrons. The molecule has 0 saturated carbocycles. The van der Waals surface area contributed by atoms with Crippen molar-refractivity contribution in [1.29, 1.82) is 0 Å². The zero-order valence-electron chi connectivity index (χ0n) is 11.8. The molecule has 98 valence electrons. The van der Waals surface area contributed by atoms with E-state index in [2.05, 4.69) is 51.0 Å². The van der Waals surface area contributed by atoms with E-state index in [0.29, 0.717) is 5.92 Å². The number of nitrogens with zero attached hydrogens (tertiary/aromatic N) is 1. The lowest BCUT2D eigenvalue weighted by Gasteiger charge is -2.17. The lowest BCUT2D eigenvalue weighted by Crippen LogP contribution is -2.22. The van der Waals surface area contributed by atoms with Crippen molar-refractivity contribution >= 4 is 0 Å². The highest BCUT2D eigenvalue weighted by Gasteiger charge is 2.09. The Hall–Kier alpha value is -0.800. The molecule has 0 aliphatic heterocycles. The Bertz CT molecular complexity index is 331. The van der Waals surface area contributed by atoms with E-state index in [0.717, 1.165) is 37.7 Å². The van der Waals surface area contributed by atoms with E-state index >= 15 is 0 Å². The summed E-state index contributed by atoms with van der Waals surface area (Å²) in [6.07, 6.45) is 0. The molecule has 0 aliphatic carbocycles. The molecule has 1 heterocycles. The average Bonchev–Trinajstić information content (AvgIpc) is 2.54. The van der Waals surface area contributed by atoms with Crippen molar-refractivity contribution in [3.63, 3.8) is 0 Å². The highest BCUT2D eigenvalue weighted by atomic mass is 16.3. The van der Waals surface area contributed by atoms with Crippen LogP contribution in [0.3, 0.4) is 0 Å². The van der Waals surface area contributed by atoms with Crippen molar-refractivity contribution < 1.29 is 4.42 Å².